The number of anilines is 3. The number of amides is 2. The van der Waals surface area contributed by atoms with E-state index in [4.69, 9.17) is 12.2 Å². The molecule has 0 saturated carbocycles. The largest absolute Gasteiger partial charge is 0.302 e. The molecular weight excluding hydrogens is 503 g/mol. The van der Waals surface area contributed by atoms with E-state index in [-0.39, 0.29) is 27.9 Å². The van der Waals surface area contributed by atoms with Crippen molar-refractivity contribution < 1.29 is 9.59 Å². The topological polar surface area (TPSA) is 43.9 Å². The Morgan fingerprint density at radius 3 is 2.25 bits per heavy atom. The van der Waals surface area contributed by atoms with Crippen LogP contribution in [0.25, 0.3) is 6.08 Å². The van der Waals surface area contributed by atoms with Crippen molar-refractivity contribution in [1.29, 1.82) is 0 Å². The highest BCUT2D eigenvalue weighted by molar-refractivity contribution is 7.80. The van der Waals surface area contributed by atoms with Gasteiger partial charge in [-0.2, -0.15) is 0 Å². The molecule has 3 aliphatic heterocycles. The lowest BCUT2D eigenvalue weighted by Crippen LogP contribution is -2.59. The van der Waals surface area contributed by atoms with E-state index in [2.05, 4.69) is 80.4 Å². The van der Waals surface area contributed by atoms with Crippen LogP contribution in [0.5, 0.6) is 0 Å². The summed E-state index contributed by atoms with van der Waals surface area (Å²) >= 11 is 6.88. The first-order chi connectivity index (χ1) is 17.0. The molecule has 0 radical (unpaired) electrons. The number of para-hydroxylation sites is 2. The summed E-state index contributed by atoms with van der Waals surface area (Å²) in [5.41, 5.74) is 4.97. The predicted molar refractivity (Wildman–Crippen MR) is 154 cm³/mol. The SMILES string of the molecule is CN1C(=O)C(=Cc2cc3c(s2)N2c4ccccc4[Si](C)(C)c4cccc(c42)C3(C)C)C(=O)N(C)C1=S. The molecule has 3 aliphatic rings. The molecule has 0 spiro atoms. The minimum Gasteiger partial charge on any atom is -0.302 e. The average Bonchev–Trinajstić information content (AvgIpc) is 3.29. The molecule has 6 rings (SSSR count). The first-order valence-corrected chi connectivity index (χ1v) is 16.2. The van der Waals surface area contributed by atoms with Crippen molar-refractivity contribution in [1.82, 2.24) is 9.80 Å². The molecule has 36 heavy (non-hydrogen) atoms. The van der Waals surface area contributed by atoms with Crippen molar-refractivity contribution in [3.05, 3.63) is 70.1 Å². The molecule has 0 unspecified atom stereocenters. The van der Waals surface area contributed by atoms with Gasteiger partial charge in [0.1, 0.15) is 18.6 Å². The molecule has 0 aliphatic carbocycles. The van der Waals surface area contributed by atoms with Gasteiger partial charge in [0, 0.05) is 30.1 Å². The third-order valence-electron chi connectivity index (χ3n) is 7.96. The van der Waals surface area contributed by atoms with Gasteiger partial charge in [0.2, 0.25) is 0 Å². The molecule has 0 bridgehead atoms. The van der Waals surface area contributed by atoms with Gasteiger partial charge in [0.05, 0.1) is 5.69 Å². The Morgan fingerprint density at radius 2 is 1.56 bits per heavy atom. The average molecular weight is 530 g/mol. The summed E-state index contributed by atoms with van der Waals surface area (Å²) in [5, 5.41) is 4.23. The Kier molecular flexibility index (Phi) is 4.84. The number of carbonyl (C=O) groups is 2. The number of likely N-dealkylation sites (N-methyl/N-ethyl adjacent to an activating group) is 2. The summed E-state index contributed by atoms with van der Waals surface area (Å²) < 4.78 is 0. The highest BCUT2D eigenvalue weighted by Crippen LogP contribution is 2.56. The number of thiocarbonyl (C=S) groups is 1. The fraction of sp³-hybridized carbons (Fsp3) is 0.250. The van der Waals surface area contributed by atoms with Crippen LogP contribution < -0.4 is 15.3 Å². The molecule has 0 N–H and O–H groups in total. The van der Waals surface area contributed by atoms with Crippen LogP contribution in [0.15, 0.2) is 54.1 Å². The summed E-state index contributed by atoms with van der Waals surface area (Å²) in [5.74, 6) is -0.731. The minimum atomic E-state index is -1.90. The number of carbonyl (C=O) groups excluding carboxylic acids is 2. The molecule has 0 atom stereocenters. The van der Waals surface area contributed by atoms with E-state index in [1.165, 1.54) is 42.7 Å². The van der Waals surface area contributed by atoms with Crippen LogP contribution in [0, 0.1) is 0 Å². The van der Waals surface area contributed by atoms with Crippen LogP contribution in [0.4, 0.5) is 16.4 Å². The summed E-state index contributed by atoms with van der Waals surface area (Å²) in [6, 6.07) is 17.7. The minimum absolute atomic E-state index is 0.135. The van der Waals surface area contributed by atoms with Gasteiger partial charge in [0.25, 0.3) is 11.8 Å². The highest BCUT2D eigenvalue weighted by atomic mass is 32.1. The van der Waals surface area contributed by atoms with Crippen LogP contribution in [0.3, 0.4) is 0 Å². The monoisotopic (exact) mass is 529 g/mol. The molecule has 1 saturated heterocycles. The third kappa shape index (κ3) is 2.89. The molecule has 4 heterocycles. The summed E-state index contributed by atoms with van der Waals surface area (Å²) in [7, 11) is 1.32. The van der Waals surface area contributed by atoms with Gasteiger partial charge in [-0.05, 0) is 51.9 Å². The molecule has 5 nitrogen and oxygen atoms in total. The second-order valence-corrected chi connectivity index (χ2v) is 16.5. The smallest absolute Gasteiger partial charge is 0.265 e. The van der Waals surface area contributed by atoms with E-state index in [0.717, 1.165) is 9.88 Å². The van der Waals surface area contributed by atoms with Crippen molar-refractivity contribution in [2.24, 2.45) is 0 Å². The van der Waals surface area contributed by atoms with E-state index in [0.29, 0.717) is 0 Å². The molecule has 1 fully saturated rings. The normalized spacial score (nSPS) is 19.2. The van der Waals surface area contributed by atoms with Crippen molar-refractivity contribution in [3.63, 3.8) is 0 Å². The molecule has 182 valence electrons. The maximum atomic E-state index is 13.0. The molecule has 3 aromatic rings. The summed E-state index contributed by atoms with van der Waals surface area (Å²) in [6.07, 6.45) is 1.73. The number of hydrogen-bond donors (Lipinski definition) is 0. The fourth-order valence-electron chi connectivity index (χ4n) is 5.81. The van der Waals surface area contributed by atoms with Gasteiger partial charge in [-0.1, -0.05) is 63.3 Å². The Balaban J connectivity index is 1.59. The molecule has 1 aromatic heterocycles. The number of benzene rings is 2. The van der Waals surface area contributed by atoms with Gasteiger partial charge in [-0.25, -0.2) is 0 Å². The Hall–Kier alpha value is -3.07. The molecule has 2 amide bonds. The molecule has 2 aromatic carbocycles. The van der Waals surface area contributed by atoms with E-state index in [1.807, 2.05) is 0 Å². The first kappa shape index (κ1) is 23.3. The molecule has 8 heteroatoms. The van der Waals surface area contributed by atoms with E-state index >= 15 is 0 Å². The van der Waals surface area contributed by atoms with Gasteiger partial charge in [-0.3, -0.25) is 19.4 Å². The van der Waals surface area contributed by atoms with Crippen LogP contribution >= 0.6 is 23.6 Å². The van der Waals surface area contributed by atoms with Crippen molar-refractivity contribution in [3.8, 4) is 0 Å². The number of fused-ring (bicyclic) bond motifs is 4. The Bertz CT molecular complexity index is 1530. The van der Waals surface area contributed by atoms with Crippen molar-refractivity contribution >= 4 is 81.4 Å². The van der Waals surface area contributed by atoms with Crippen molar-refractivity contribution in [2.75, 3.05) is 19.0 Å². The maximum absolute atomic E-state index is 13.0. The summed E-state index contributed by atoms with van der Waals surface area (Å²) in [4.78, 5) is 32.0. The van der Waals surface area contributed by atoms with Crippen LogP contribution in [-0.2, 0) is 15.0 Å². The van der Waals surface area contributed by atoms with Gasteiger partial charge in [0.15, 0.2) is 5.11 Å². The number of hydrogen-bond acceptors (Lipinski definition) is 5. The number of rotatable bonds is 1. The standard InChI is InChI=1S/C28H27N3O2S2Si/c1-28(2)18-10-9-13-22-23(18)31(20-11-7-8-12-21(20)36(22,5)6)26-19(28)15-16(35-26)14-17-24(32)29(3)27(34)30(4)25(17)33/h7-15H,1-6H3. The maximum Gasteiger partial charge on any atom is 0.265 e. The predicted octanol–water partition coefficient (Wildman–Crippen LogP) is 4.59. The second kappa shape index (κ2) is 7.47. The number of thiophene rings is 1. The van der Waals surface area contributed by atoms with Crippen LogP contribution in [0.1, 0.15) is 29.9 Å². The van der Waals surface area contributed by atoms with Crippen molar-refractivity contribution in [2.45, 2.75) is 32.4 Å². The second-order valence-electron chi connectivity index (χ2n) is 10.7. The lowest BCUT2D eigenvalue weighted by atomic mass is 9.75. The zero-order valence-electron chi connectivity index (χ0n) is 21.2. The van der Waals surface area contributed by atoms with E-state index in [9.17, 15) is 9.59 Å². The zero-order valence-corrected chi connectivity index (χ0v) is 23.8. The Morgan fingerprint density at radius 1 is 0.917 bits per heavy atom. The Labute approximate surface area is 221 Å². The zero-order chi connectivity index (χ0) is 25.7. The van der Waals surface area contributed by atoms with Crippen LogP contribution in [0.2, 0.25) is 13.1 Å². The summed E-state index contributed by atoms with van der Waals surface area (Å²) in [6.45, 7) is 9.41. The highest BCUT2D eigenvalue weighted by Gasteiger charge is 2.47. The van der Waals surface area contributed by atoms with E-state index < -0.39 is 8.07 Å². The third-order valence-corrected chi connectivity index (χ3v) is 13.1. The lowest BCUT2D eigenvalue weighted by molar-refractivity contribution is -0.132. The van der Waals surface area contributed by atoms with Crippen LogP contribution in [-0.4, -0.2) is 48.9 Å². The molecular formula is C28H27N3O2S2Si. The van der Waals surface area contributed by atoms with Gasteiger partial charge in [-0.15, -0.1) is 11.3 Å². The first-order valence-electron chi connectivity index (χ1n) is 12.0. The van der Waals surface area contributed by atoms with E-state index in [1.54, 1.807) is 31.5 Å². The quantitative estimate of drug-likeness (QED) is 0.200. The number of nitrogens with zero attached hydrogens (tertiary/aromatic N) is 3. The van der Waals surface area contributed by atoms with Gasteiger partial charge >= 0.3 is 0 Å². The lowest BCUT2D eigenvalue weighted by Gasteiger charge is -2.47. The fourth-order valence-corrected chi connectivity index (χ4v) is 10.3. The van der Waals surface area contributed by atoms with Gasteiger partial charge < -0.3 is 4.90 Å².